The molecule has 0 bridgehead atoms. The van der Waals surface area contributed by atoms with Crippen molar-refractivity contribution in [1.82, 2.24) is 0 Å². The van der Waals surface area contributed by atoms with Gasteiger partial charge in [0.1, 0.15) is 5.75 Å². The lowest BCUT2D eigenvalue weighted by molar-refractivity contribution is -0.136. The van der Waals surface area contributed by atoms with E-state index < -0.39 is 5.97 Å². The Morgan fingerprint density at radius 3 is 2.42 bits per heavy atom. The molecular formula is C19H17ClO6. The molecule has 0 amide bonds. The molecule has 2 aromatic rings. The molecule has 0 radical (unpaired) electrons. The predicted molar refractivity (Wildman–Crippen MR) is 97.4 cm³/mol. The largest absolute Gasteiger partial charge is 0.503 e. The van der Waals surface area contributed by atoms with Gasteiger partial charge in [-0.15, -0.1) is 0 Å². The summed E-state index contributed by atoms with van der Waals surface area (Å²) in [6.07, 6.45) is 2.60. The van der Waals surface area contributed by atoms with Crippen LogP contribution in [0, 0.1) is 0 Å². The Morgan fingerprint density at radius 2 is 1.81 bits per heavy atom. The van der Waals surface area contributed by atoms with E-state index in [4.69, 9.17) is 26.2 Å². The van der Waals surface area contributed by atoms with Gasteiger partial charge in [0.15, 0.2) is 17.3 Å². The van der Waals surface area contributed by atoms with Crippen molar-refractivity contribution in [2.45, 2.75) is 6.42 Å². The monoisotopic (exact) mass is 376 g/mol. The van der Waals surface area contributed by atoms with Crippen molar-refractivity contribution in [1.29, 1.82) is 0 Å². The summed E-state index contributed by atoms with van der Waals surface area (Å²) >= 11 is 5.91. The van der Waals surface area contributed by atoms with Crippen LogP contribution in [0.5, 0.6) is 17.2 Å². The van der Waals surface area contributed by atoms with Crippen molar-refractivity contribution in [2.24, 2.45) is 0 Å². The molecule has 0 spiro atoms. The van der Waals surface area contributed by atoms with Crippen molar-refractivity contribution >= 4 is 29.4 Å². The standard InChI is InChI=1S/C19H17ClO6/c1-25-16-6-4-12(9-13(16)10-18(22)23)15(21)5-3-11-7-14(20)19(24)17(8-11)26-2/h3-9,24H,10H2,1-2H3,(H,22,23)/b5-3+. The molecule has 0 aliphatic rings. The number of benzene rings is 2. The fourth-order valence-corrected chi connectivity index (χ4v) is 2.57. The van der Waals surface area contributed by atoms with E-state index in [1.54, 1.807) is 12.1 Å². The van der Waals surface area contributed by atoms with E-state index in [0.717, 1.165) is 0 Å². The molecule has 0 atom stereocenters. The van der Waals surface area contributed by atoms with Gasteiger partial charge < -0.3 is 19.7 Å². The third-order valence-corrected chi connectivity index (χ3v) is 3.89. The topological polar surface area (TPSA) is 93.1 Å². The van der Waals surface area contributed by atoms with Gasteiger partial charge >= 0.3 is 5.97 Å². The normalized spacial score (nSPS) is 10.7. The smallest absolute Gasteiger partial charge is 0.307 e. The van der Waals surface area contributed by atoms with Gasteiger partial charge in [0.25, 0.3) is 0 Å². The van der Waals surface area contributed by atoms with E-state index in [2.05, 4.69) is 0 Å². The molecular weight excluding hydrogens is 360 g/mol. The van der Waals surface area contributed by atoms with E-state index in [0.29, 0.717) is 22.4 Å². The van der Waals surface area contributed by atoms with E-state index >= 15 is 0 Å². The summed E-state index contributed by atoms with van der Waals surface area (Å²) in [7, 11) is 2.83. The molecule has 0 aliphatic carbocycles. The molecule has 2 rings (SSSR count). The van der Waals surface area contributed by atoms with Gasteiger partial charge in [-0.05, 0) is 42.0 Å². The van der Waals surface area contributed by atoms with Gasteiger partial charge in [-0.1, -0.05) is 17.7 Å². The molecule has 0 fully saturated rings. The lowest BCUT2D eigenvalue weighted by atomic mass is 10.0. The maximum Gasteiger partial charge on any atom is 0.307 e. The second-order valence-corrected chi connectivity index (χ2v) is 5.76. The minimum atomic E-state index is -1.02. The summed E-state index contributed by atoms with van der Waals surface area (Å²) in [6.45, 7) is 0. The Hall–Kier alpha value is -2.99. The number of ether oxygens (including phenoxy) is 2. The van der Waals surface area contributed by atoms with E-state index in [-0.39, 0.29) is 28.7 Å². The lowest BCUT2D eigenvalue weighted by Gasteiger charge is -2.08. The number of carboxylic acid groups (broad SMARTS) is 1. The summed E-state index contributed by atoms with van der Waals surface area (Å²) in [4.78, 5) is 23.3. The first-order valence-corrected chi connectivity index (χ1v) is 7.91. The average Bonchev–Trinajstić information content (AvgIpc) is 2.61. The van der Waals surface area contributed by atoms with Gasteiger partial charge in [0, 0.05) is 11.1 Å². The van der Waals surface area contributed by atoms with Crippen LogP contribution in [-0.2, 0) is 11.2 Å². The number of aliphatic carboxylic acids is 1. The van der Waals surface area contributed by atoms with Crippen molar-refractivity contribution in [3.63, 3.8) is 0 Å². The highest BCUT2D eigenvalue weighted by Gasteiger charge is 2.12. The Balaban J connectivity index is 2.28. The van der Waals surface area contributed by atoms with Gasteiger partial charge in [0.2, 0.25) is 0 Å². The molecule has 2 N–H and O–H groups in total. The van der Waals surface area contributed by atoms with Gasteiger partial charge in [-0.25, -0.2) is 0 Å². The van der Waals surface area contributed by atoms with Crippen LogP contribution < -0.4 is 9.47 Å². The van der Waals surface area contributed by atoms with Crippen molar-refractivity contribution in [2.75, 3.05) is 14.2 Å². The molecule has 0 saturated carbocycles. The first-order chi connectivity index (χ1) is 12.3. The lowest BCUT2D eigenvalue weighted by Crippen LogP contribution is -2.04. The number of aromatic hydroxyl groups is 1. The molecule has 26 heavy (non-hydrogen) atoms. The van der Waals surface area contributed by atoms with Crippen LogP contribution in [0.15, 0.2) is 36.4 Å². The van der Waals surface area contributed by atoms with Crippen LogP contribution in [-0.4, -0.2) is 36.2 Å². The van der Waals surface area contributed by atoms with Crippen molar-refractivity contribution in [3.8, 4) is 17.2 Å². The van der Waals surface area contributed by atoms with E-state index in [9.17, 15) is 14.7 Å². The highest BCUT2D eigenvalue weighted by atomic mass is 35.5. The van der Waals surface area contributed by atoms with Crippen molar-refractivity contribution in [3.05, 3.63) is 58.1 Å². The van der Waals surface area contributed by atoms with Crippen LogP contribution in [0.25, 0.3) is 6.08 Å². The molecule has 0 aromatic heterocycles. The molecule has 7 heteroatoms. The second-order valence-electron chi connectivity index (χ2n) is 5.35. The first kappa shape index (κ1) is 19.3. The number of phenols is 1. The number of hydrogen-bond donors (Lipinski definition) is 2. The summed E-state index contributed by atoms with van der Waals surface area (Å²) in [5.74, 6) is -0.913. The van der Waals surface area contributed by atoms with E-state index in [1.807, 2.05) is 0 Å². The zero-order valence-electron chi connectivity index (χ0n) is 14.2. The Kier molecular flexibility index (Phi) is 6.25. The number of halogens is 1. The molecule has 0 heterocycles. The van der Waals surface area contributed by atoms with Crippen molar-refractivity contribution < 1.29 is 29.3 Å². The number of allylic oxidation sites excluding steroid dienone is 1. The molecule has 0 unspecified atom stereocenters. The number of methoxy groups -OCH3 is 2. The number of phenolic OH excluding ortho intramolecular Hbond substituents is 1. The quantitative estimate of drug-likeness (QED) is 0.566. The maximum atomic E-state index is 12.4. The van der Waals surface area contributed by atoms with Crippen LogP contribution in [0.3, 0.4) is 0 Å². The fraction of sp³-hybridized carbons (Fsp3) is 0.158. The summed E-state index contributed by atoms with van der Waals surface area (Å²) < 4.78 is 10.1. The first-order valence-electron chi connectivity index (χ1n) is 7.53. The van der Waals surface area contributed by atoms with E-state index in [1.165, 1.54) is 44.6 Å². The predicted octanol–water partition coefficient (Wildman–Crippen LogP) is 3.59. The molecule has 6 nitrogen and oxygen atoms in total. The summed E-state index contributed by atoms with van der Waals surface area (Å²) in [5, 5.41) is 18.8. The van der Waals surface area contributed by atoms with Crippen LogP contribution in [0.1, 0.15) is 21.5 Å². The van der Waals surface area contributed by atoms with Gasteiger partial charge in [-0.2, -0.15) is 0 Å². The minimum Gasteiger partial charge on any atom is -0.503 e. The summed E-state index contributed by atoms with van der Waals surface area (Å²) in [6, 6.07) is 7.63. The minimum absolute atomic E-state index is 0.102. The number of carboxylic acids is 1. The SMILES string of the molecule is COc1ccc(C(=O)/C=C/c2cc(Cl)c(O)c(OC)c2)cc1CC(=O)O. The zero-order valence-corrected chi connectivity index (χ0v) is 14.9. The third-order valence-electron chi connectivity index (χ3n) is 3.60. The van der Waals surface area contributed by atoms with Gasteiger partial charge in [-0.3, -0.25) is 9.59 Å². The molecule has 2 aromatic carbocycles. The maximum absolute atomic E-state index is 12.4. The molecule has 136 valence electrons. The average molecular weight is 377 g/mol. The highest BCUT2D eigenvalue weighted by molar-refractivity contribution is 6.32. The Morgan fingerprint density at radius 1 is 1.12 bits per heavy atom. The van der Waals surface area contributed by atoms with Crippen LogP contribution >= 0.6 is 11.6 Å². The second kappa shape index (κ2) is 8.40. The molecule has 0 saturated heterocycles. The number of carbonyl (C=O) groups is 2. The summed E-state index contributed by atoms with van der Waals surface area (Å²) in [5.41, 5.74) is 1.31. The molecule has 0 aliphatic heterocycles. The number of ketones is 1. The number of hydrogen-bond acceptors (Lipinski definition) is 5. The van der Waals surface area contributed by atoms with Crippen LogP contribution in [0.2, 0.25) is 5.02 Å². The number of rotatable bonds is 7. The Bertz CT molecular complexity index is 873. The Labute approximate surface area is 155 Å². The zero-order chi connectivity index (χ0) is 19.3. The number of carbonyl (C=O) groups excluding carboxylic acids is 1. The van der Waals surface area contributed by atoms with Gasteiger partial charge in [0.05, 0.1) is 25.7 Å². The highest BCUT2D eigenvalue weighted by Crippen LogP contribution is 2.35. The fourth-order valence-electron chi connectivity index (χ4n) is 2.35. The van der Waals surface area contributed by atoms with Crippen LogP contribution in [0.4, 0.5) is 0 Å². The third kappa shape index (κ3) is 4.55.